The van der Waals surface area contributed by atoms with Crippen molar-refractivity contribution in [2.24, 2.45) is 0 Å². The summed E-state index contributed by atoms with van der Waals surface area (Å²) in [5.74, 6) is -0.704. The molecule has 31 heavy (non-hydrogen) atoms. The number of aromatic carboxylic acids is 1. The third-order valence-electron chi connectivity index (χ3n) is 3.89. The standard InChI is InChI=1S/C21H16Cl2N2O4S.Li.H/c22-13-4-6-15(17(23)11-13)20(26)25-18-7-5-14(12-16(18)21(27)28)29-9-10-30-19-3-1-2-8-24-19;;/h1-8,11-12H,9-10H2,(H,25,26)(H,27,28);;/q;+1;-1. The Kier molecular flexibility index (Phi) is 9.75. The number of hydrogen-bond acceptors (Lipinski definition) is 5. The first-order valence-electron chi connectivity index (χ1n) is 8.74. The van der Waals surface area contributed by atoms with Gasteiger partial charge in [-0.2, -0.15) is 0 Å². The number of carbonyl (C=O) groups is 2. The molecule has 3 rings (SSSR count). The molecule has 0 saturated carbocycles. The van der Waals surface area contributed by atoms with Gasteiger partial charge in [0.25, 0.3) is 5.91 Å². The molecule has 0 bridgehead atoms. The molecule has 1 heterocycles. The average Bonchev–Trinajstić information content (AvgIpc) is 2.72. The summed E-state index contributed by atoms with van der Waals surface area (Å²) in [5, 5.41) is 13.5. The van der Waals surface area contributed by atoms with Crippen LogP contribution in [0.25, 0.3) is 0 Å². The SMILES string of the molecule is O=C(Nc1ccc(OCCSc2ccccn2)cc1C(=O)O)c1ccc(Cl)cc1Cl.[H-].[Li+]. The van der Waals surface area contributed by atoms with E-state index in [0.717, 1.165) is 5.03 Å². The number of benzene rings is 2. The van der Waals surface area contributed by atoms with Crippen LogP contribution in [0.15, 0.2) is 65.8 Å². The number of nitrogens with zero attached hydrogens (tertiary/aromatic N) is 1. The first-order chi connectivity index (χ1) is 14.4. The van der Waals surface area contributed by atoms with Crippen LogP contribution in [0.3, 0.4) is 0 Å². The normalized spacial score (nSPS) is 10.1. The zero-order chi connectivity index (χ0) is 21.5. The first-order valence-corrected chi connectivity index (χ1v) is 10.5. The number of anilines is 1. The molecular formula is C21H17Cl2LiN2O4S. The van der Waals surface area contributed by atoms with Crippen LogP contribution < -0.4 is 28.9 Å². The number of aromatic nitrogens is 1. The fourth-order valence-corrected chi connectivity index (χ4v) is 3.68. The molecule has 0 aliphatic carbocycles. The van der Waals surface area contributed by atoms with E-state index in [1.165, 1.54) is 42.1 Å². The summed E-state index contributed by atoms with van der Waals surface area (Å²) in [5.41, 5.74) is 0.223. The number of nitrogens with one attached hydrogen (secondary N) is 1. The Hall–Kier alpha value is -2.14. The molecule has 0 atom stereocenters. The Labute approximate surface area is 207 Å². The van der Waals surface area contributed by atoms with Crippen LogP contribution >= 0.6 is 35.0 Å². The summed E-state index contributed by atoms with van der Waals surface area (Å²) in [6, 6.07) is 14.5. The van der Waals surface area contributed by atoms with E-state index >= 15 is 0 Å². The Morgan fingerprint density at radius 2 is 1.90 bits per heavy atom. The molecule has 1 aromatic heterocycles. The van der Waals surface area contributed by atoms with E-state index in [1.807, 2.05) is 18.2 Å². The zero-order valence-electron chi connectivity index (χ0n) is 17.5. The van der Waals surface area contributed by atoms with Crippen LogP contribution in [0.4, 0.5) is 5.69 Å². The first kappa shape index (κ1) is 25.1. The predicted octanol–water partition coefficient (Wildman–Crippen LogP) is 2.63. The number of hydrogen-bond donors (Lipinski definition) is 2. The smallest absolute Gasteiger partial charge is 1.00 e. The minimum atomic E-state index is -1.19. The molecule has 0 unspecified atom stereocenters. The van der Waals surface area contributed by atoms with Crippen molar-refractivity contribution in [3.05, 3.63) is 82.0 Å². The Morgan fingerprint density at radius 1 is 1.10 bits per heavy atom. The van der Waals surface area contributed by atoms with E-state index in [2.05, 4.69) is 10.3 Å². The van der Waals surface area contributed by atoms with E-state index in [1.54, 1.807) is 12.3 Å². The largest absolute Gasteiger partial charge is 1.00 e. The van der Waals surface area contributed by atoms with Crippen molar-refractivity contribution in [3.8, 4) is 5.75 Å². The molecular weight excluding hydrogens is 454 g/mol. The van der Waals surface area contributed by atoms with Gasteiger partial charge in [-0.25, -0.2) is 9.78 Å². The summed E-state index contributed by atoms with van der Waals surface area (Å²) in [6.45, 7) is 0.367. The second-order valence-corrected chi connectivity index (χ2v) is 7.91. The van der Waals surface area contributed by atoms with Crippen molar-refractivity contribution in [2.75, 3.05) is 17.7 Å². The molecule has 3 aromatic rings. The van der Waals surface area contributed by atoms with Crippen molar-refractivity contribution in [2.45, 2.75) is 5.03 Å². The Bertz CT molecular complexity index is 1080. The topological polar surface area (TPSA) is 88.5 Å². The van der Waals surface area contributed by atoms with Gasteiger partial charge < -0.3 is 16.6 Å². The summed E-state index contributed by atoms with van der Waals surface area (Å²) in [4.78, 5) is 28.3. The van der Waals surface area contributed by atoms with Crippen LogP contribution in [-0.4, -0.2) is 34.3 Å². The number of pyridine rings is 1. The van der Waals surface area contributed by atoms with Gasteiger partial charge in [-0.15, -0.1) is 11.8 Å². The number of carbonyl (C=O) groups excluding carboxylic acids is 1. The minimum Gasteiger partial charge on any atom is -1.00 e. The number of carboxylic acid groups (broad SMARTS) is 1. The van der Waals surface area contributed by atoms with Gasteiger partial charge in [0.05, 0.1) is 33.5 Å². The number of carboxylic acids is 1. The van der Waals surface area contributed by atoms with Crippen molar-refractivity contribution < 1.29 is 39.7 Å². The quantitative estimate of drug-likeness (QED) is 0.299. The summed E-state index contributed by atoms with van der Waals surface area (Å²) in [6.07, 6.45) is 1.71. The summed E-state index contributed by atoms with van der Waals surface area (Å²) >= 11 is 13.4. The Morgan fingerprint density at radius 3 is 2.58 bits per heavy atom. The van der Waals surface area contributed by atoms with Crippen LogP contribution in [-0.2, 0) is 0 Å². The molecule has 0 radical (unpaired) electrons. The third-order valence-corrected chi connectivity index (χ3v) is 5.34. The molecule has 10 heteroatoms. The fourth-order valence-electron chi connectivity index (χ4n) is 2.50. The van der Waals surface area contributed by atoms with Gasteiger partial charge in [0.15, 0.2) is 0 Å². The van der Waals surface area contributed by atoms with E-state index in [-0.39, 0.29) is 42.1 Å². The van der Waals surface area contributed by atoms with Gasteiger partial charge >= 0.3 is 24.8 Å². The summed E-state index contributed by atoms with van der Waals surface area (Å²) in [7, 11) is 0. The van der Waals surface area contributed by atoms with E-state index < -0.39 is 11.9 Å². The van der Waals surface area contributed by atoms with Crippen LogP contribution in [0.2, 0.25) is 10.0 Å². The van der Waals surface area contributed by atoms with Gasteiger partial charge in [-0.05, 0) is 48.5 Å². The van der Waals surface area contributed by atoms with E-state index in [4.69, 9.17) is 27.9 Å². The molecule has 2 aromatic carbocycles. The molecule has 0 saturated heterocycles. The van der Waals surface area contributed by atoms with Crippen molar-refractivity contribution in [3.63, 3.8) is 0 Å². The van der Waals surface area contributed by atoms with Crippen LogP contribution in [0.1, 0.15) is 22.1 Å². The maximum absolute atomic E-state index is 12.5. The van der Waals surface area contributed by atoms with Crippen LogP contribution in [0, 0.1) is 0 Å². The van der Waals surface area contributed by atoms with Gasteiger partial charge in [-0.3, -0.25) is 4.79 Å². The minimum absolute atomic E-state index is 0. The van der Waals surface area contributed by atoms with Crippen molar-refractivity contribution >= 4 is 52.5 Å². The third kappa shape index (κ3) is 7.20. The maximum atomic E-state index is 12.5. The van der Waals surface area contributed by atoms with Crippen molar-refractivity contribution in [1.29, 1.82) is 0 Å². The molecule has 0 fully saturated rings. The van der Waals surface area contributed by atoms with Gasteiger partial charge in [0, 0.05) is 17.0 Å². The van der Waals surface area contributed by atoms with Gasteiger partial charge in [0.1, 0.15) is 5.75 Å². The second kappa shape index (κ2) is 12.0. The zero-order valence-corrected chi connectivity index (χ0v) is 18.8. The molecule has 2 N–H and O–H groups in total. The average molecular weight is 471 g/mol. The fraction of sp³-hybridized carbons (Fsp3) is 0.0952. The van der Waals surface area contributed by atoms with E-state index in [9.17, 15) is 14.7 Å². The van der Waals surface area contributed by atoms with E-state index in [0.29, 0.717) is 23.1 Å². The van der Waals surface area contributed by atoms with Crippen LogP contribution in [0.5, 0.6) is 5.75 Å². The molecule has 156 valence electrons. The molecule has 6 nitrogen and oxygen atoms in total. The second-order valence-electron chi connectivity index (χ2n) is 5.96. The predicted molar refractivity (Wildman–Crippen MR) is 119 cm³/mol. The van der Waals surface area contributed by atoms with Crippen molar-refractivity contribution in [1.82, 2.24) is 4.98 Å². The number of thioether (sulfide) groups is 1. The Balaban J connectivity index is 0.00000256. The maximum Gasteiger partial charge on any atom is 1.00 e. The number of ether oxygens (including phenoxy) is 1. The van der Waals surface area contributed by atoms with Gasteiger partial charge in [0.2, 0.25) is 0 Å². The molecule has 0 spiro atoms. The number of halogens is 2. The van der Waals surface area contributed by atoms with Gasteiger partial charge in [-0.1, -0.05) is 29.3 Å². The molecule has 0 aliphatic rings. The molecule has 0 aliphatic heterocycles. The summed E-state index contributed by atoms with van der Waals surface area (Å²) < 4.78 is 5.64. The number of rotatable bonds is 8. The monoisotopic (exact) mass is 470 g/mol. The molecule has 1 amide bonds. The number of amides is 1.